The van der Waals surface area contributed by atoms with Crippen LogP contribution in [0.25, 0.3) is 11.0 Å². The summed E-state index contributed by atoms with van der Waals surface area (Å²) in [7, 11) is 0. The standard InChI is InChI=1S/C13H17N3O2/c1-4-18-12(17)7-16-11-6-9(3)8(2)5-10(11)15-13(16)14/h5-6H,4,7H2,1-3H3,(H2,14,15). The second kappa shape index (κ2) is 4.68. The third-order valence-corrected chi connectivity index (χ3v) is 2.99. The van der Waals surface area contributed by atoms with Gasteiger partial charge in [0.05, 0.1) is 17.6 Å². The Morgan fingerprint density at radius 1 is 1.39 bits per heavy atom. The van der Waals surface area contributed by atoms with E-state index in [0.717, 1.165) is 22.2 Å². The number of carbonyl (C=O) groups excluding carboxylic acids is 1. The van der Waals surface area contributed by atoms with Crippen molar-refractivity contribution in [1.82, 2.24) is 9.55 Å². The number of aryl methyl sites for hydroxylation is 2. The number of anilines is 1. The number of esters is 1. The Morgan fingerprint density at radius 3 is 2.72 bits per heavy atom. The average Bonchev–Trinajstić information content (AvgIpc) is 2.57. The molecular formula is C13H17N3O2. The fraction of sp³-hybridized carbons (Fsp3) is 0.385. The molecule has 0 aliphatic carbocycles. The maximum absolute atomic E-state index is 11.5. The van der Waals surface area contributed by atoms with Crippen LogP contribution in [0, 0.1) is 13.8 Å². The van der Waals surface area contributed by atoms with E-state index in [4.69, 9.17) is 10.5 Å². The molecule has 0 fully saturated rings. The first-order valence-corrected chi connectivity index (χ1v) is 5.91. The van der Waals surface area contributed by atoms with Crippen molar-refractivity contribution in [3.63, 3.8) is 0 Å². The molecule has 0 aliphatic rings. The van der Waals surface area contributed by atoms with Crippen molar-refractivity contribution in [2.24, 2.45) is 0 Å². The number of hydrogen-bond acceptors (Lipinski definition) is 4. The zero-order chi connectivity index (χ0) is 13.3. The Bertz CT molecular complexity index is 602. The summed E-state index contributed by atoms with van der Waals surface area (Å²) >= 11 is 0. The highest BCUT2D eigenvalue weighted by Crippen LogP contribution is 2.21. The minimum absolute atomic E-state index is 0.0959. The van der Waals surface area contributed by atoms with E-state index in [1.165, 1.54) is 0 Å². The Hall–Kier alpha value is -2.04. The van der Waals surface area contributed by atoms with Crippen LogP contribution in [0.15, 0.2) is 12.1 Å². The molecule has 18 heavy (non-hydrogen) atoms. The first kappa shape index (κ1) is 12.4. The number of nitrogen functional groups attached to an aromatic ring is 1. The fourth-order valence-corrected chi connectivity index (χ4v) is 1.90. The van der Waals surface area contributed by atoms with Gasteiger partial charge in [-0.25, -0.2) is 4.98 Å². The monoisotopic (exact) mass is 247 g/mol. The molecule has 2 N–H and O–H groups in total. The van der Waals surface area contributed by atoms with E-state index in [0.29, 0.717) is 12.6 Å². The summed E-state index contributed by atoms with van der Waals surface area (Å²) in [6, 6.07) is 3.97. The molecule has 96 valence electrons. The minimum atomic E-state index is -0.304. The summed E-state index contributed by atoms with van der Waals surface area (Å²) in [6.45, 7) is 6.28. The van der Waals surface area contributed by atoms with Crippen molar-refractivity contribution in [1.29, 1.82) is 0 Å². The normalized spacial score (nSPS) is 10.8. The lowest BCUT2D eigenvalue weighted by molar-refractivity contribution is -0.143. The van der Waals surface area contributed by atoms with Crippen molar-refractivity contribution < 1.29 is 9.53 Å². The van der Waals surface area contributed by atoms with Gasteiger partial charge in [-0.2, -0.15) is 0 Å². The van der Waals surface area contributed by atoms with Gasteiger partial charge in [0.2, 0.25) is 5.95 Å². The van der Waals surface area contributed by atoms with E-state index in [1.807, 2.05) is 26.0 Å². The van der Waals surface area contributed by atoms with Gasteiger partial charge in [0.1, 0.15) is 6.54 Å². The van der Waals surface area contributed by atoms with Crippen molar-refractivity contribution in [3.8, 4) is 0 Å². The van der Waals surface area contributed by atoms with Crippen LogP contribution < -0.4 is 5.73 Å². The predicted molar refractivity (Wildman–Crippen MR) is 70.3 cm³/mol. The van der Waals surface area contributed by atoms with Crippen LogP contribution in [0.4, 0.5) is 5.95 Å². The number of aromatic nitrogens is 2. The van der Waals surface area contributed by atoms with E-state index < -0.39 is 0 Å². The third kappa shape index (κ3) is 2.16. The molecule has 0 unspecified atom stereocenters. The molecule has 2 aromatic rings. The number of fused-ring (bicyclic) bond motifs is 1. The summed E-state index contributed by atoms with van der Waals surface area (Å²) in [5, 5.41) is 0. The molecule has 0 bridgehead atoms. The van der Waals surface area contributed by atoms with E-state index >= 15 is 0 Å². The van der Waals surface area contributed by atoms with Gasteiger partial charge in [-0.3, -0.25) is 9.36 Å². The summed E-state index contributed by atoms with van der Waals surface area (Å²) < 4.78 is 6.61. The molecule has 0 aliphatic heterocycles. The molecule has 5 nitrogen and oxygen atoms in total. The molecule has 5 heteroatoms. The Morgan fingerprint density at radius 2 is 2.06 bits per heavy atom. The second-order valence-electron chi connectivity index (χ2n) is 4.29. The minimum Gasteiger partial charge on any atom is -0.465 e. The number of benzene rings is 1. The van der Waals surface area contributed by atoms with Crippen molar-refractivity contribution >= 4 is 23.0 Å². The largest absolute Gasteiger partial charge is 0.465 e. The molecule has 0 atom stereocenters. The zero-order valence-electron chi connectivity index (χ0n) is 10.9. The van der Waals surface area contributed by atoms with Crippen LogP contribution in [-0.2, 0) is 16.1 Å². The van der Waals surface area contributed by atoms with Gasteiger partial charge >= 0.3 is 5.97 Å². The second-order valence-corrected chi connectivity index (χ2v) is 4.29. The summed E-state index contributed by atoms with van der Waals surface area (Å²) in [4.78, 5) is 15.8. The number of nitrogens with zero attached hydrogens (tertiary/aromatic N) is 2. The molecule has 0 radical (unpaired) electrons. The molecule has 0 saturated heterocycles. The van der Waals surface area contributed by atoms with Crippen LogP contribution >= 0.6 is 0 Å². The predicted octanol–water partition coefficient (Wildman–Crippen LogP) is 1.80. The van der Waals surface area contributed by atoms with Gasteiger partial charge in [-0.1, -0.05) is 0 Å². The van der Waals surface area contributed by atoms with E-state index in [1.54, 1.807) is 11.5 Å². The van der Waals surface area contributed by atoms with E-state index in [2.05, 4.69) is 4.98 Å². The zero-order valence-corrected chi connectivity index (χ0v) is 10.9. The van der Waals surface area contributed by atoms with Crippen LogP contribution in [0.5, 0.6) is 0 Å². The highest BCUT2D eigenvalue weighted by atomic mass is 16.5. The summed E-state index contributed by atoms with van der Waals surface area (Å²) in [5.41, 5.74) is 9.81. The number of rotatable bonds is 3. The lowest BCUT2D eigenvalue weighted by atomic mass is 10.1. The maximum atomic E-state index is 11.5. The third-order valence-electron chi connectivity index (χ3n) is 2.99. The quantitative estimate of drug-likeness (QED) is 0.839. The van der Waals surface area contributed by atoms with Crippen molar-refractivity contribution in [3.05, 3.63) is 23.3 Å². The summed E-state index contributed by atoms with van der Waals surface area (Å²) in [5.74, 6) is 0.0322. The van der Waals surface area contributed by atoms with Gasteiger partial charge in [0.25, 0.3) is 0 Å². The summed E-state index contributed by atoms with van der Waals surface area (Å²) in [6.07, 6.45) is 0. The smallest absolute Gasteiger partial charge is 0.326 e. The van der Waals surface area contributed by atoms with E-state index in [9.17, 15) is 4.79 Å². The molecule has 0 saturated carbocycles. The Balaban J connectivity index is 2.46. The molecule has 1 aromatic carbocycles. The van der Waals surface area contributed by atoms with Gasteiger partial charge < -0.3 is 10.5 Å². The molecule has 1 aromatic heterocycles. The Labute approximate surface area is 106 Å². The number of carbonyl (C=O) groups is 1. The lowest BCUT2D eigenvalue weighted by Gasteiger charge is -2.07. The first-order chi connectivity index (χ1) is 8.52. The van der Waals surface area contributed by atoms with Crippen molar-refractivity contribution in [2.45, 2.75) is 27.3 Å². The van der Waals surface area contributed by atoms with Crippen LogP contribution in [-0.4, -0.2) is 22.1 Å². The molecular weight excluding hydrogens is 230 g/mol. The fourth-order valence-electron chi connectivity index (χ4n) is 1.90. The number of nitrogens with two attached hydrogens (primary N) is 1. The maximum Gasteiger partial charge on any atom is 0.326 e. The number of ether oxygens (including phenoxy) is 1. The molecule has 0 spiro atoms. The van der Waals surface area contributed by atoms with Crippen LogP contribution in [0.2, 0.25) is 0 Å². The van der Waals surface area contributed by atoms with Gasteiger partial charge in [-0.05, 0) is 44.0 Å². The topological polar surface area (TPSA) is 70.1 Å². The molecule has 1 heterocycles. The van der Waals surface area contributed by atoms with Gasteiger partial charge in [0.15, 0.2) is 0 Å². The van der Waals surface area contributed by atoms with E-state index in [-0.39, 0.29) is 12.5 Å². The SMILES string of the molecule is CCOC(=O)Cn1c(N)nc2cc(C)c(C)cc21. The lowest BCUT2D eigenvalue weighted by Crippen LogP contribution is -2.15. The van der Waals surface area contributed by atoms with Crippen LogP contribution in [0.1, 0.15) is 18.1 Å². The molecule has 0 amide bonds. The van der Waals surface area contributed by atoms with Gasteiger partial charge in [-0.15, -0.1) is 0 Å². The number of hydrogen-bond donors (Lipinski definition) is 1. The highest BCUT2D eigenvalue weighted by Gasteiger charge is 2.13. The van der Waals surface area contributed by atoms with Crippen LogP contribution in [0.3, 0.4) is 0 Å². The van der Waals surface area contributed by atoms with Gasteiger partial charge in [0, 0.05) is 0 Å². The average molecular weight is 247 g/mol. The first-order valence-electron chi connectivity index (χ1n) is 5.91. The highest BCUT2D eigenvalue weighted by molar-refractivity contribution is 5.82. The Kier molecular flexibility index (Phi) is 3.23. The number of imidazole rings is 1. The van der Waals surface area contributed by atoms with Crippen molar-refractivity contribution in [2.75, 3.05) is 12.3 Å². The molecule has 2 rings (SSSR count).